The maximum Gasteiger partial charge on any atom is 0.326 e. The number of methoxy groups -OCH3 is 1. The Bertz CT molecular complexity index is 902. The first-order chi connectivity index (χ1) is 12.3. The van der Waals surface area contributed by atoms with Gasteiger partial charge in [0.2, 0.25) is 0 Å². The predicted molar refractivity (Wildman–Crippen MR) is 101 cm³/mol. The summed E-state index contributed by atoms with van der Waals surface area (Å²) in [4.78, 5) is 11.9. The molecule has 0 atom stereocenters. The topological polar surface area (TPSA) is 72.9 Å². The minimum absolute atomic E-state index is 0.0921. The second kappa shape index (κ2) is 8.62. The third-order valence-corrected chi connectivity index (χ3v) is 5.91. The Morgan fingerprint density at radius 2 is 1.85 bits per heavy atom. The lowest BCUT2D eigenvalue weighted by Crippen LogP contribution is -2.36. The lowest BCUT2D eigenvalue weighted by atomic mass is 10.3. The van der Waals surface area contributed by atoms with E-state index in [1.165, 1.54) is 31.4 Å². The number of hydrogen-bond acceptors (Lipinski definition) is 5. The van der Waals surface area contributed by atoms with E-state index in [-0.39, 0.29) is 27.2 Å². The number of esters is 1. The third kappa shape index (κ3) is 4.60. The monoisotopic (exact) mass is 417 g/mol. The van der Waals surface area contributed by atoms with E-state index >= 15 is 0 Å². The second-order valence-electron chi connectivity index (χ2n) is 5.09. The first-order valence-electron chi connectivity index (χ1n) is 7.57. The fourth-order valence-corrected chi connectivity index (χ4v) is 3.96. The number of anilines is 1. The van der Waals surface area contributed by atoms with Crippen molar-refractivity contribution in [2.75, 3.05) is 24.6 Å². The zero-order valence-corrected chi connectivity index (χ0v) is 16.4. The van der Waals surface area contributed by atoms with E-state index in [1.54, 1.807) is 25.1 Å². The molecule has 0 amide bonds. The highest BCUT2D eigenvalue weighted by atomic mass is 35.5. The average molecular weight is 418 g/mol. The number of carbonyl (C=O) groups is 1. The second-order valence-corrected chi connectivity index (χ2v) is 7.77. The van der Waals surface area contributed by atoms with E-state index in [0.717, 1.165) is 4.31 Å². The quantitative estimate of drug-likeness (QED) is 0.641. The van der Waals surface area contributed by atoms with Crippen LogP contribution in [0.3, 0.4) is 0 Å². The van der Waals surface area contributed by atoms with E-state index in [2.05, 4.69) is 0 Å². The highest BCUT2D eigenvalue weighted by Gasteiger charge is 2.28. The number of sulfonamides is 1. The first kappa shape index (κ1) is 20.4. The summed E-state index contributed by atoms with van der Waals surface area (Å²) in [5, 5.41) is 0.318. The van der Waals surface area contributed by atoms with Crippen LogP contribution in [0.2, 0.25) is 10.0 Å². The van der Waals surface area contributed by atoms with Crippen LogP contribution in [-0.2, 0) is 19.6 Å². The molecule has 2 aromatic carbocycles. The molecule has 0 radical (unpaired) electrons. The van der Waals surface area contributed by atoms with Gasteiger partial charge in [-0.05, 0) is 37.3 Å². The molecule has 0 aliphatic rings. The molecule has 2 aromatic rings. The Kier molecular flexibility index (Phi) is 6.75. The molecule has 26 heavy (non-hydrogen) atoms. The molecule has 0 bridgehead atoms. The van der Waals surface area contributed by atoms with E-state index in [9.17, 15) is 13.2 Å². The van der Waals surface area contributed by atoms with Crippen molar-refractivity contribution < 1.29 is 22.7 Å². The van der Waals surface area contributed by atoms with Gasteiger partial charge in [-0.15, -0.1) is 0 Å². The van der Waals surface area contributed by atoms with Gasteiger partial charge < -0.3 is 9.47 Å². The van der Waals surface area contributed by atoms with Crippen LogP contribution in [0, 0.1) is 0 Å². The van der Waals surface area contributed by atoms with Crippen molar-refractivity contribution in [2.24, 2.45) is 0 Å². The van der Waals surface area contributed by atoms with Crippen LogP contribution in [0.15, 0.2) is 47.4 Å². The Balaban J connectivity index is 2.53. The van der Waals surface area contributed by atoms with Crippen molar-refractivity contribution in [3.63, 3.8) is 0 Å². The molecule has 0 N–H and O–H groups in total. The van der Waals surface area contributed by atoms with Gasteiger partial charge in [0.05, 0.1) is 34.3 Å². The van der Waals surface area contributed by atoms with Gasteiger partial charge in [-0.25, -0.2) is 8.42 Å². The number of nitrogens with zero attached hydrogens (tertiary/aromatic N) is 1. The highest BCUT2D eigenvalue weighted by molar-refractivity contribution is 7.92. The largest absolute Gasteiger partial charge is 0.497 e. The summed E-state index contributed by atoms with van der Waals surface area (Å²) >= 11 is 11.8. The number of benzene rings is 2. The van der Waals surface area contributed by atoms with Crippen molar-refractivity contribution in [3.05, 3.63) is 52.5 Å². The molecule has 9 heteroatoms. The summed E-state index contributed by atoms with van der Waals surface area (Å²) < 4.78 is 37.2. The van der Waals surface area contributed by atoms with Crippen molar-refractivity contribution in [2.45, 2.75) is 11.8 Å². The van der Waals surface area contributed by atoms with Crippen LogP contribution in [0.1, 0.15) is 6.92 Å². The Labute approximate surface area is 162 Å². The van der Waals surface area contributed by atoms with Crippen molar-refractivity contribution in [1.82, 2.24) is 0 Å². The molecule has 0 aliphatic carbocycles. The van der Waals surface area contributed by atoms with Crippen LogP contribution in [0.25, 0.3) is 0 Å². The summed E-state index contributed by atoms with van der Waals surface area (Å²) in [6.07, 6.45) is 0. The standard InChI is InChI=1S/C17H17Cl2NO5S/c1-3-25-17(21)11-20(12-5-4-6-13(9-12)24-2)26(22,23)14-7-8-15(18)16(19)10-14/h4-10H,3,11H2,1-2H3. The van der Waals surface area contributed by atoms with Crippen molar-refractivity contribution in [1.29, 1.82) is 0 Å². The molecule has 0 saturated carbocycles. The molecule has 0 heterocycles. The van der Waals surface area contributed by atoms with Gasteiger partial charge in [0.25, 0.3) is 10.0 Å². The third-order valence-electron chi connectivity index (χ3n) is 3.40. The molecule has 140 valence electrons. The van der Waals surface area contributed by atoms with Crippen LogP contribution >= 0.6 is 23.2 Å². The Morgan fingerprint density at radius 1 is 1.12 bits per heavy atom. The lowest BCUT2D eigenvalue weighted by molar-refractivity contribution is -0.141. The molecule has 0 aromatic heterocycles. The number of ether oxygens (including phenoxy) is 2. The maximum absolute atomic E-state index is 13.1. The summed E-state index contributed by atoms with van der Waals surface area (Å²) in [5.41, 5.74) is 0.253. The number of halogens is 2. The van der Waals surface area contributed by atoms with Gasteiger partial charge in [0, 0.05) is 6.07 Å². The Hall–Kier alpha value is -1.96. The van der Waals surface area contributed by atoms with Gasteiger partial charge in [-0.3, -0.25) is 9.10 Å². The summed E-state index contributed by atoms with van der Waals surface area (Å²) in [7, 11) is -2.64. The van der Waals surface area contributed by atoms with Crippen LogP contribution < -0.4 is 9.04 Å². The fraction of sp³-hybridized carbons (Fsp3) is 0.235. The predicted octanol–water partition coefficient (Wildman–Crippen LogP) is 3.76. The van der Waals surface area contributed by atoms with Crippen LogP contribution in [0.5, 0.6) is 5.75 Å². The molecule has 0 fully saturated rings. The van der Waals surface area contributed by atoms with Gasteiger partial charge in [-0.2, -0.15) is 0 Å². The molecule has 2 rings (SSSR count). The molecular formula is C17H17Cl2NO5S. The van der Waals surface area contributed by atoms with Crippen molar-refractivity contribution in [3.8, 4) is 5.75 Å². The zero-order chi connectivity index (χ0) is 19.3. The van der Waals surface area contributed by atoms with E-state index in [0.29, 0.717) is 5.75 Å². The lowest BCUT2D eigenvalue weighted by Gasteiger charge is -2.24. The molecule has 6 nitrogen and oxygen atoms in total. The van der Waals surface area contributed by atoms with E-state index in [1.807, 2.05) is 0 Å². The summed E-state index contributed by atoms with van der Waals surface area (Å²) in [6, 6.07) is 10.3. The van der Waals surface area contributed by atoms with Gasteiger partial charge in [0.1, 0.15) is 12.3 Å². The number of rotatable bonds is 7. The molecular weight excluding hydrogens is 401 g/mol. The molecule has 0 spiro atoms. The molecule has 0 saturated heterocycles. The summed E-state index contributed by atoms with van der Waals surface area (Å²) in [6.45, 7) is 1.28. The zero-order valence-electron chi connectivity index (χ0n) is 14.1. The first-order valence-corrected chi connectivity index (χ1v) is 9.76. The van der Waals surface area contributed by atoms with Crippen LogP contribution in [-0.4, -0.2) is 34.6 Å². The highest BCUT2D eigenvalue weighted by Crippen LogP contribution is 2.30. The minimum atomic E-state index is -4.10. The number of carbonyl (C=O) groups excluding carboxylic acids is 1. The van der Waals surface area contributed by atoms with Crippen molar-refractivity contribution >= 4 is 44.9 Å². The molecule has 0 unspecified atom stereocenters. The smallest absolute Gasteiger partial charge is 0.326 e. The molecule has 0 aliphatic heterocycles. The van der Waals surface area contributed by atoms with E-state index < -0.39 is 22.5 Å². The SMILES string of the molecule is CCOC(=O)CN(c1cccc(OC)c1)S(=O)(=O)c1ccc(Cl)c(Cl)c1. The van der Waals surface area contributed by atoms with Gasteiger partial charge in [-0.1, -0.05) is 29.3 Å². The average Bonchev–Trinajstić information content (AvgIpc) is 2.62. The normalized spacial score (nSPS) is 11.1. The summed E-state index contributed by atoms with van der Waals surface area (Å²) in [5.74, 6) is -0.236. The maximum atomic E-state index is 13.1. The van der Waals surface area contributed by atoms with E-state index in [4.69, 9.17) is 32.7 Å². The van der Waals surface area contributed by atoms with Crippen LogP contribution in [0.4, 0.5) is 5.69 Å². The fourth-order valence-electron chi connectivity index (χ4n) is 2.17. The Morgan fingerprint density at radius 3 is 2.46 bits per heavy atom. The van der Waals surface area contributed by atoms with Gasteiger partial charge >= 0.3 is 5.97 Å². The minimum Gasteiger partial charge on any atom is -0.497 e. The van der Waals surface area contributed by atoms with Gasteiger partial charge in [0.15, 0.2) is 0 Å². The number of hydrogen-bond donors (Lipinski definition) is 0.